The first-order valence-electron chi connectivity index (χ1n) is 7.01. The molecule has 0 saturated carbocycles. The third-order valence-corrected chi connectivity index (χ3v) is 4.13. The van der Waals surface area contributed by atoms with Gasteiger partial charge in [-0.3, -0.25) is 4.79 Å². The van der Waals surface area contributed by atoms with Crippen LogP contribution in [0.25, 0.3) is 0 Å². The molecule has 112 valence electrons. The molecule has 1 amide bonds. The molecule has 1 aliphatic carbocycles. The Balaban J connectivity index is 0.00000161. The van der Waals surface area contributed by atoms with Crippen LogP contribution in [0.2, 0.25) is 0 Å². The van der Waals surface area contributed by atoms with Crippen molar-refractivity contribution in [1.82, 2.24) is 9.88 Å². The molecule has 0 saturated heterocycles. The zero-order valence-corrected chi connectivity index (χ0v) is 13.1. The number of imidazole rings is 1. The van der Waals surface area contributed by atoms with Crippen molar-refractivity contribution >= 4 is 5.91 Å². The molecule has 0 spiro atoms. The average Bonchev–Trinajstić information content (AvgIpc) is 2.96. The molecule has 3 rings (SSSR count). The highest BCUT2D eigenvalue weighted by molar-refractivity contribution is 5.76. The molecule has 1 aromatic heterocycles. The summed E-state index contributed by atoms with van der Waals surface area (Å²) >= 11 is 0. The molecule has 21 heavy (non-hydrogen) atoms. The largest absolute Gasteiger partial charge is 1.00 e. The molecular formula is C16H20ClN3O. The number of nitrogens with one attached hydrogen (secondary N) is 1. The topological polar surface area (TPSA) is 37.9 Å². The molecule has 0 unspecified atom stereocenters. The normalized spacial score (nSPS) is 13.6. The summed E-state index contributed by atoms with van der Waals surface area (Å²) in [7, 11) is 1.98. The number of benzene rings is 1. The highest BCUT2D eigenvalue weighted by Gasteiger charge is 2.23. The van der Waals surface area contributed by atoms with Crippen molar-refractivity contribution in [1.29, 1.82) is 0 Å². The van der Waals surface area contributed by atoms with Crippen LogP contribution in [0.15, 0.2) is 36.7 Å². The second-order valence-corrected chi connectivity index (χ2v) is 5.53. The number of hydrogen-bond donors (Lipinski definition) is 1. The Labute approximate surface area is 131 Å². The predicted molar refractivity (Wildman–Crippen MR) is 76.1 cm³/mol. The van der Waals surface area contributed by atoms with Crippen molar-refractivity contribution < 1.29 is 21.8 Å². The predicted octanol–water partition coefficient (Wildman–Crippen LogP) is -2.09. The van der Waals surface area contributed by atoms with E-state index in [0.717, 1.165) is 18.7 Å². The lowest BCUT2D eigenvalue weighted by Crippen LogP contribution is -3.00. The van der Waals surface area contributed by atoms with Gasteiger partial charge >= 0.3 is 0 Å². The minimum atomic E-state index is 0. The van der Waals surface area contributed by atoms with E-state index in [4.69, 9.17) is 0 Å². The van der Waals surface area contributed by atoms with Crippen LogP contribution in [0, 0.1) is 6.92 Å². The van der Waals surface area contributed by atoms with Crippen LogP contribution in [0.3, 0.4) is 0 Å². The summed E-state index contributed by atoms with van der Waals surface area (Å²) < 4.78 is 3.98. The number of halogens is 1. The van der Waals surface area contributed by atoms with E-state index in [1.807, 2.05) is 35.5 Å². The highest BCUT2D eigenvalue weighted by Crippen LogP contribution is 2.21. The number of nitrogens with zero attached hydrogens (tertiary/aromatic N) is 2. The third-order valence-electron chi connectivity index (χ3n) is 4.13. The Kier molecular flexibility index (Phi) is 4.68. The highest BCUT2D eigenvalue weighted by atomic mass is 35.5. The van der Waals surface area contributed by atoms with E-state index in [1.54, 1.807) is 0 Å². The van der Waals surface area contributed by atoms with Crippen molar-refractivity contribution in [3.05, 3.63) is 53.6 Å². The second-order valence-electron chi connectivity index (χ2n) is 5.53. The van der Waals surface area contributed by atoms with Crippen molar-refractivity contribution in [2.24, 2.45) is 7.05 Å². The van der Waals surface area contributed by atoms with Gasteiger partial charge in [0.25, 0.3) is 11.7 Å². The Morgan fingerprint density at radius 2 is 1.95 bits per heavy atom. The SMILES string of the molecule is Cc1n(CC(=O)NC2Cc3ccccc3C2)cc[n+]1C.[Cl-]. The summed E-state index contributed by atoms with van der Waals surface area (Å²) in [5, 5.41) is 3.14. The molecule has 0 fully saturated rings. The fourth-order valence-electron chi connectivity index (χ4n) is 2.85. The summed E-state index contributed by atoms with van der Waals surface area (Å²) in [6.07, 6.45) is 5.80. The van der Waals surface area contributed by atoms with Gasteiger partial charge in [0.15, 0.2) is 6.54 Å². The lowest BCUT2D eigenvalue weighted by Gasteiger charge is -2.11. The smallest absolute Gasteiger partial charge is 0.262 e. The summed E-state index contributed by atoms with van der Waals surface area (Å²) in [5.41, 5.74) is 2.72. The molecule has 1 heterocycles. The number of rotatable bonds is 3. The first kappa shape index (κ1) is 15.6. The van der Waals surface area contributed by atoms with Crippen molar-refractivity contribution in [3.63, 3.8) is 0 Å². The molecule has 1 aromatic carbocycles. The first-order chi connectivity index (χ1) is 9.63. The zero-order chi connectivity index (χ0) is 14.1. The maximum Gasteiger partial charge on any atom is 0.262 e. The van der Waals surface area contributed by atoms with E-state index < -0.39 is 0 Å². The Morgan fingerprint density at radius 3 is 2.48 bits per heavy atom. The molecule has 0 radical (unpaired) electrons. The number of carbonyl (C=O) groups excluding carboxylic acids is 1. The van der Waals surface area contributed by atoms with E-state index in [9.17, 15) is 4.79 Å². The molecule has 5 heteroatoms. The van der Waals surface area contributed by atoms with Crippen LogP contribution < -0.4 is 22.3 Å². The standard InChI is InChI=1S/C16H19N3O.ClH/c1-12-18(2)7-8-19(12)11-16(20)17-15-9-13-5-3-4-6-14(13)10-15;/h3-8,15H,9-11H2,1-2H3;1H. The molecule has 4 nitrogen and oxygen atoms in total. The minimum Gasteiger partial charge on any atom is -1.00 e. The van der Waals surface area contributed by atoms with Gasteiger partial charge in [-0.1, -0.05) is 24.3 Å². The van der Waals surface area contributed by atoms with E-state index in [-0.39, 0.29) is 24.4 Å². The van der Waals surface area contributed by atoms with Gasteiger partial charge in [-0.2, -0.15) is 0 Å². The van der Waals surface area contributed by atoms with Gasteiger partial charge in [-0.15, -0.1) is 0 Å². The van der Waals surface area contributed by atoms with Gasteiger partial charge in [0.1, 0.15) is 12.4 Å². The second kappa shape index (κ2) is 6.31. The van der Waals surface area contributed by atoms with E-state index in [1.165, 1.54) is 11.1 Å². The van der Waals surface area contributed by atoms with Gasteiger partial charge in [0, 0.05) is 13.0 Å². The average molecular weight is 306 g/mol. The molecule has 0 bridgehead atoms. The first-order valence-corrected chi connectivity index (χ1v) is 7.01. The van der Waals surface area contributed by atoms with Crippen LogP contribution in [0.5, 0.6) is 0 Å². The zero-order valence-electron chi connectivity index (χ0n) is 12.3. The van der Waals surface area contributed by atoms with Crippen LogP contribution >= 0.6 is 0 Å². The van der Waals surface area contributed by atoms with Gasteiger partial charge < -0.3 is 17.7 Å². The fraction of sp³-hybridized carbons (Fsp3) is 0.375. The third kappa shape index (κ3) is 3.27. The van der Waals surface area contributed by atoms with Crippen LogP contribution in [-0.2, 0) is 31.2 Å². The molecule has 1 N–H and O–H groups in total. The summed E-state index contributed by atoms with van der Waals surface area (Å²) in [4.78, 5) is 12.1. The summed E-state index contributed by atoms with van der Waals surface area (Å²) in [5.74, 6) is 1.16. The summed E-state index contributed by atoms with van der Waals surface area (Å²) in [6.45, 7) is 2.40. The molecular weight excluding hydrogens is 286 g/mol. The van der Waals surface area contributed by atoms with Gasteiger partial charge in [-0.05, 0) is 24.0 Å². The number of aromatic nitrogens is 2. The monoisotopic (exact) mass is 305 g/mol. The van der Waals surface area contributed by atoms with Crippen LogP contribution in [-0.4, -0.2) is 16.5 Å². The van der Waals surface area contributed by atoms with Crippen molar-refractivity contribution in [2.75, 3.05) is 0 Å². The van der Waals surface area contributed by atoms with E-state index >= 15 is 0 Å². The van der Waals surface area contributed by atoms with Crippen molar-refractivity contribution in [2.45, 2.75) is 32.4 Å². The number of hydrogen-bond acceptors (Lipinski definition) is 1. The molecule has 1 aliphatic rings. The van der Waals surface area contributed by atoms with Crippen LogP contribution in [0.1, 0.15) is 17.0 Å². The Morgan fingerprint density at radius 1 is 1.33 bits per heavy atom. The van der Waals surface area contributed by atoms with E-state index in [0.29, 0.717) is 6.54 Å². The maximum absolute atomic E-state index is 12.1. The molecule has 0 atom stereocenters. The van der Waals surface area contributed by atoms with Crippen molar-refractivity contribution in [3.8, 4) is 0 Å². The number of amides is 1. The number of carbonyl (C=O) groups is 1. The minimum absolute atomic E-state index is 0. The molecule has 2 aromatic rings. The molecule has 0 aliphatic heterocycles. The van der Waals surface area contributed by atoms with Gasteiger partial charge in [0.05, 0.1) is 7.05 Å². The van der Waals surface area contributed by atoms with Gasteiger partial charge in [-0.25, -0.2) is 9.13 Å². The number of aryl methyl sites for hydroxylation is 1. The van der Waals surface area contributed by atoms with Gasteiger partial charge in [0.2, 0.25) is 0 Å². The lowest BCUT2D eigenvalue weighted by atomic mass is 10.1. The maximum atomic E-state index is 12.1. The lowest BCUT2D eigenvalue weighted by molar-refractivity contribution is -0.677. The fourth-order valence-corrected chi connectivity index (χ4v) is 2.85. The van der Waals surface area contributed by atoms with E-state index in [2.05, 4.69) is 29.6 Å². The Bertz CT molecular complexity index is 626. The Hall–Kier alpha value is -1.81. The van der Waals surface area contributed by atoms with Crippen LogP contribution in [0.4, 0.5) is 0 Å². The quantitative estimate of drug-likeness (QED) is 0.649. The number of fused-ring (bicyclic) bond motifs is 1. The summed E-state index contributed by atoms with van der Waals surface area (Å²) in [6, 6.07) is 8.66.